The maximum absolute atomic E-state index is 13.0. The quantitative estimate of drug-likeness (QED) is 0.0261. The van der Waals surface area contributed by atoms with Crippen LogP contribution in [-0.4, -0.2) is 37.2 Å². The molecule has 0 aromatic carbocycles. The Hall–Kier alpha value is -2.89. The minimum atomic E-state index is -0.784. The molecule has 83 heavy (non-hydrogen) atoms. The van der Waals surface area contributed by atoms with Gasteiger partial charge in [0.1, 0.15) is 13.2 Å². The van der Waals surface area contributed by atoms with Crippen molar-refractivity contribution in [2.75, 3.05) is 13.2 Å². The molecule has 6 heteroatoms. The van der Waals surface area contributed by atoms with Crippen molar-refractivity contribution < 1.29 is 28.6 Å². The van der Waals surface area contributed by atoms with E-state index in [4.69, 9.17) is 14.2 Å². The van der Waals surface area contributed by atoms with E-state index in [1.807, 2.05) is 0 Å². The number of carbonyl (C=O) groups is 3. The Morgan fingerprint density at radius 1 is 0.253 bits per heavy atom. The van der Waals surface area contributed by atoms with E-state index in [1.54, 1.807) is 0 Å². The van der Waals surface area contributed by atoms with Gasteiger partial charge >= 0.3 is 17.9 Å². The van der Waals surface area contributed by atoms with E-state index in [2.05, 4.69) is 81.5 Å². The fourth-order valence-corrected chi connectivity index (χ4v) is 11.0. The summed E-state index contributed by atoms with van der Waals surface area (Å²) in [5.41, 5.74) is 0. The molecule has 1 unspecified atom stereocenters. The lowest BCUT2D eigenvalue weighted by atomic mass is 10.0. The number of allylic oxidation sites excluding steroid dienone is 10. The second-order valence-corrected chi connectivity index (χ2v) is 24.8. The molecule has 0 aromatic heterocycles. The molecule has 0 radical (unpaired) electrons. The van der Waals surface area contributed by atoms with Gasteiger partial charge < -0.3 is 14.2 Å². The molecule has 0 aliphatic heterocycles. The van der Waals surface area contributed by atoms with E-state index in [9.17, 15) is 14.4 Å². The second-order valence-electron chi connectivity index (χ2n) is 24.8. The molecule has 484 valence electrons. The van der Waals surface area contributed by atoms with Gasteiger partial charge in [0.2, 0.25) is 0 Å². The van der Waals surface area contributed by atoms with Crippen LogP contribution < -0.4 is 0 Å². The molecule has 0 aliphatic carbocycles. The summed E-state index contributed by atoms with van der Waals surface area (Å²) in [6.07, 6.45) is 92.6. The standard InChI is InChI=1S/C77H140O6/c1-4-7-10-13-16-19-22-25-28-31-33-34-35-36-37-38-39-40-41-42-44-46-49-52-55-58-61-64-67-70-76(79)82-73-74(72-81-75(78)69-66-63-60-57-54-51-48-45-30-27-24-21-18-15-12-9-6-3)83-77(80)71-68-65-62-59-56-53-50-47-43-32-29-26-23-20-17-14-11-8-5-2/h9,12,18,21,27,30-31,33,48,51,74H,4-8,10-11,13-17,19-20,22-26,28-29,32,34-47,49-50,52-73H2,1-3H3/b12-9-,21-18-,30-27-,33-31-,51-48-. The fraction of sp³-hybridized carbons (Fsp3) is 0.831. The van der Waals surface area contributed by atoms with Crippen molar-refractivity contribution in [3.8, 4) is 0 Å². The summed E-state index contributed by atoms with van der Waals surface area (Å²) >= 11 is 0. The number of unbranched alkanes of at least 4 members (excludes halogenated alkanes) is 47. The minimum absolute atomic E-state index is 0.0773. The molecular weight excluding hydrogens is 1020 g/mol. The predicted octanol–water partition coefficient (Wildman–Crippen LogP) is 25.5. The Balaban J connectivity index is 4.26. The normalized spacial score (nSPS) is 12.4. The zero-order valence-electron chi connectivity index (χ0n) is 55.7. The third kappa shape index (κ3) is 69.8. The topological polar surface area (TPSA) is 78.9 Å². The van der Waals surface area contributed by atoms with Crippen molar-refractivity contribution >= 4 is 17.9 Å². The molecule has 0 N–H and O–H groups in total. The number of rotatable bonds is 68. The van der Waals surface area contributed by atoms with E-state index < -0.39 is 6.10 Å². The Morgan fingerprint density at radius 2 is 0.470 bits per heavy atom. The van der Waals surface area contributed by atoms with Gasteiger partial charge in [0.25, 0.3) is 0 Å². The van der Waals surface area contributed by atoms with Gasteiger partial charge in [-0.1, -0.05) is 351 Å². The van der Waals surface area contributed by atoms with Gasteiger partial charge in [0.15, 0.2) is 6.10 Å². The summed E-state index contributed by atoms with van der Waals surface area (Å²) in [6.45, 7) is 6.58. The second kappa shape index (κ2) is 71.6. The SMILES string of the molecule is CC/C=C\C/C=C\C/C=C\C/C=C\CCCCCCC(=O)OCC(COC(=O)CCCCCCCCCCCCCCCCCCC/C=C\CCCCCCCCCC)OC(=O)CCCCCCCCCCCCCCCCCCCCC. The van der Waals surface area contributed by atoms with Crippen LogP contribution in [0.5, 0.6) is 0 Å². The van der Waals surface area contributed by atoms with Crippen LogP contribution in [0.4, 0.5) is 0 Å². The number of carbonyl (C=O) groups excluding carboxylic acids is 3. The first kappa shape index (κ1) is 80.1. The third-order valence-corrected chi connectivity index (χ3v) is 16.5. The lowest BCUT2D eigenvalue weighted by Gasteiger charge is -2.18. The third-order valence-electron chi connectivity index (χ3n) is 16.5. The summed E-state index contributed by atoms with van der Waals surface area (Å²) in [5, 5.41) is 0. The molecule has 0 rings (SSSR count). The summed E-state index contributed by atoms with van der Waals surface area (Å²) in [6, 6.07) is 0. The fourth-order valence-electron chi connectivity index (χ4n) is 11.0. The van der Waals surface area contributed by atoms with Crippen molar-refractivity contribution in [3.05, 3.63) is 60.8 Å². The highest BCUT2D eigenvalue weighted by molar-refractivity contribution is 5.71. The lowest BCUT2D eigenvalue weighted by molar-refractivity contribution is -0.167. The molecule has 0 saturated carbocycles. The van der Waals surface area contributed by atoms with Crippen LogP contribution in [0.15, 0.2) is 60.8 Å². The van der Waals surface area contributed by atoms with E-state index in [1.165, 1.54) is 257 Å². The zero-order valence-corrected chi connectivity index (χ0v) is 55.7. The van der Waals surface area contributed by atoms with Gasteiger partial charge in [-0.15, -0.1) is 0 Å². The van der Waals surface area contributed by atoms with Gasteiger partial charge in [0, 0.05) is 19.3 Å². The van der Waals surface area contributed by atoms with E-state index in [0.717, 1.165) is 96.3 Å². The largest absolute Gasteiger partial charge is 0.462 e. The molecule has 6 nitrogen and oxygen atoms in total. The molecule has 0 spiro atoms. The molecule has 0 aliphatic rings. The zero-order chi connectivity index (χ0) is 59.9. The highest BCUT2D eigenvalue weighted by Crippen LogP contribution is 2.19. The smallest absolute Gasteiger partial charge is 0.306 e. The molecule has 0 saturated heterocycles. The predicted molar refractivity (Wildman–Crippen MR) is 362 cm³/mol. The van der Waals surface area contributed by atoms with Gasteiger partial charge in [-0.3, -0.25) is 14.4 Å². The Labute approximate surface area is 517 Å². The molecule has 0 bridgehead atoms. The highest BCUT2D eigenvalue weighted by Gasteiger charge is 2.19. The number of ether oxygens (including phenoxy) is 3. The average molecular weight is 1160 g/mol. The van der Waals surface area contributed by atoms with Crippen LogP contribution in [0.1, 0.15) is 393 Å². The monoisotopic (exact) mass is 1160 g/mol. The van der Waals surface area contributed by atoms with Crippen LogP contribution in [0.25, 0.3) is 0 Å². The molecule has 1 atom stereocenters. The van der Waals surface area contributed by atoms with Gasteiger partial charge in [-0.05, 0) is 83.5 Å². The van der Waals surface area contributed by atoms with Crippen molar-refractivity contribution in [2.24, 2.45) is 0 Å². The Morgan fingerprint density at radius 3 is 0.747 bits per heavy atom. The number of hydrogen-bond donors (Lipinski definition) is 0. The summed E-state index contributed by atoms with van der Waals surface area (Å²) in [5.74, 6) is -0.874. The Bertz CT molecular complexity index is 1470. The van der Waals surface area contributed by atoms with Crippen molar-refractivity contribution in [1.82, 2.24) is 0 Å². The van der Waals surface area contributed by atoms with Crippen LogP contribution in [0.2, 0.25) is 0 Å². The first-order chi connectivity index (χ1) is 41.0. The molecule has 0 amide bonds. The first-order valence-electron chi connectivity index (χ1n) is 36.8. The number of esters is 3. The molecular formula is C77H140O6. The lowest BCUT2D eigenvalue weighted by Crippen LogP contribution is -2.30. The van der Waals surface area contributed by atoms with Crippen LogP contribution in [0.3, 0.4) is 0 Å². The van der Waals surface area contributed by atoms with Crippen LogP contribution >= 0.6 is 0 Å². The first-order valence-corrected chi connectivity index (χ1v) is 36.8. The van der Waals surface area contributed by atoms with Gasteiger partial charge in [-0.2, -0.15) is 0 Å². The van der Waals surface area contributed by atoms with Crippen molar-refractivity contribution in [2.45, 2.75) is 399 Å². The van der Waals surface area contributed by atoms with Crippen LogP contribution in [0, 0.1) is 0 Å². The van der Waals surface area contributed by atoms with Gasteiger partial charge in [0.05, 0.1) is 0 Å². The molecule has 0 aromatic rings. The van der Waals surface area contributed by atoms with E-state index >= 15 is 0 Å². The maximum Gasteiger partial charge on any atom is 0.306 e. The summed E-state index contributed by atoms with van der Waals surface area (Å²) in [4.78, 5) is 38.5. The van der Waals surface area contributed by atoms with Crippen molar-refractivity contribution in [3.63, 3.8) is 0 Å². The van der Waals surface area contributed by atoms with Crippen molar-refractivity contribution in [1.29, 1.82) is 0 Å². The minimum Gasteiger partial charge on any atom is -0.462 e. The van der Waals surface area contributed by atoms with E-state index in [0.29, 0.717) is 19.3 Å². The van der Waals surface area contributed by atoms with E-state index in [-0.39, 0.29) is 31.1 Å². The summed E-state index contributed by atoms with van der Waals surface area (Å²) in [7, 11) is 0. The number of hydrogen-bond acceptors (Lipinski definition) is 6. The molecule has 0 fully saturated rings. The summed E-state index contributed by atoms with van der Waals surface area (Å²) < 4.78 is 17.0. The maximum atomic E-state index is 13.0. The average Bonchev–Trinajstić information content (AvgIpc) is 3.50. The Kier molecular flexibility index (Phi) is 69.1. The molecule has 0 heterocycles. The van der Waals surface area contributed by atoms with Gasteiger partial charge in [-0.25, -0.2) is 0 Å². The highest BCUT2D eigenvalue weighted by atomic mass is 16.6. The van der Waals surface area contributed by atoms with Crippen LogP contribution in [-0.2, 0) is 28.6 Å².